The molecule has 0 unspecified atom stereocenters. The van der Waals surface area contributed by atoms with Crippen molar-refractivity contribution in [3.05, 3.63) is 46.8 Å². The molecule has 19 heavy (non-hydrogen) atoms. The fourth-order valence-corrected chi connectivity index (χ4v) is 2.37. The first-order valence-corrected chi connectivity index (χ1v) is 6.25. The largest absolute Gasteiger partial charge is 0.478 e. The number of anilines is 1. The van der Waals surface area contributed by atoms with Crippen molar-refractivity contribution in [3.63, 3.8) is 0 Å². The standard InChI is InChI=1S/C13H11NO4S/c1-8-7-10(12(15)16)11(19-8)14-13(17)18-9-5-3-2-4-6-9/h2-7H,1H3,(H,14,17)(H,15,16). The quantitative estimate of drug-likeness (QED) is 0.902. The first-order chi connectivity index (χ1) is 9.06. The number of ether oxygens (including phenoxy) is 1. The molecule has 1 aromatic carbocycles. The molecule has 0 aliphatic heterocycles. The van der Waals surface area contributed by atoms with Crippen molar-refractivity contribution < 1.29 is 19.4 Å². The van der Waals surface area contributed by atoms with Crippen molar-refractivity contribution >= 4 is 28.4 Å². The van der Waals surface area contributed by atoms with Crippen LogP contribution >= 0.6 is 11.3 Å². The average molecular weight is 277 g/mol. The minimum Gasteiger partial charge on any atom is -0.478 e. The van der Waals surface area contributed by atoms with Gasteiger partial charge in [-0.1, -0.05) is 18.2 Å². The SMILES string of the molecule is Cc1cc(C(=O)O)c(NC(=O)Oc2ccccc2)s1. The highest BCUT2D eigenvalue weighted by Crippen LogP contribution is 2.27. The van der Waals surface area contributed by atoms with Gasteiger partial charge in [-0.3, -0.25) is 5.32 Å². The van der Waals surface area contributed by atoms with E-state index < -0.39 is 12.1 Å². The number of hydrogen-bond donors (Lipinski definition) is 2. The maximum atomic E-state index is 11.6. The van der Waals surface area contributed by atoms with Gasteiger partial charge in [0.25, 0.3) is 0 Å². The molecular formula is C13H11NO4S. The van der Waals surface area contributed by atoms with E-state index in [4.69, 9.17) is 9.84 Å². The summed E-state index contributed by atoms with van der Waals surface area (Å²) in [6.07, 6.45) is -0.712. The Kier molecular flexibility index (Phi) is 3.82. The molecule has 0 aliphatic carbocycles. The summed E-state index contributed by atoms with van der Waals surface area (Å²) in [6.45, 7) is 1.77. The third kappa shape index (κ3) is 3.32. The highest BCUT2D eigenvalue weighted by Gasteiger charge is 2.16. The van der Waals surface area contributed by atoms with Gasteiger partial charge in [0, 0.05) is 4.88 Å². The zero-order chi connectivity index (χ0) is 13.8. The lowest BCUT2D eigenvalue weighted by Gasteiger charge is -2.05. The predicted octanol–water partition coefficient (Wildman–Crippen LogP) is 3.37. The molecule has 0 spiro atoms. The summed E-state index contributed by atoms with van der Waals surface area (Å²) in [7, 11) is 0. The summed E-state index contributed by atoms with van der Waals surface area (Å²) >= 11 is 1.19. The molecule has 98 valence electrons. The van der Waals surface area contributed by atoms with Gasteiger partial charge in [0.1, 0.15) is 10.8 Å². The Morgan fingerprint density at radius 3 is 2.58 bits per heavy atom. The highest BCUT2D eigenvalue weighted by atomic mass is 32.1. The minimum atomic E-state index is -1.08. The number of rotatable bonds is 3. The summed E-state index contributed by atoms with van der Waals surface area (Å²) < 4.78 is 5.03. The first-order valence-electron chi connectivity index (χ1n) is 5.44. The number of aryl methyl sites for hydroxylation is 1. The molecule has 1 heterocycles. The van der Waals surface area contributed by atoms with Crippen molar-refractivity contribution in [2.24, 2.45) is 0 Å². The number of carboxylic acids is 1. The van der Waals surface area contributed by atoms with Crippen LogP contribution in [-0.4, -0.2) is 17.2 Å². The maximum Gasteiger partial charge on any atom is 0.417 e. The van der Waals surface area contributed by atoms with Gasteiger partial charge in [-0.15, -0.1) is 11.3 Å². The van der Waals surface area contributed by atoms with Crippen molar-refractivity contribution in [2.75, 3.05) is 5.32 Å². The number of benzene rings is 1. The number of thiophene rings is 1. The van der Waals surface area contributed by atoms with Gasteiger partial charge in [0.15, 0.2) is 0 Å². The molecule has 2 rings (SSSR count). The number of aromatic carboxylic acids is 1. The predicted molar refractivity (Wildman–Crippen MR) is 72.1 cm³/mol. The third-order valence-corrected chi connectivity index (χ3v) is 3.22. The van der Waals surface area contributed by atoms with Crippen LogP contribution in [0.15, 0.2) is 36.4 Å². The summed E-state index contributed by atoms with van der Waals surface area (Å²) in [5.41, 5.74) is 0.0625. The number of carboxylic acid groups (broad SMARTS) is 1. The molecule has 1 amide bonds. The molecule has 0 bridgehead atoms. The summed E-state index contributed by atoms with van der Waals surface area (Å²) in [6, 6.07) is 10.1. The Labute approximate surface area is 113 Å². The highest BCUT2D eigenvalue weighted by molar-refractivity contribution is 7.16. The van der Waals surface area contributed by atoms with Gasteiger partial charge >= 0.3 is 12.1 Å². The molecule has 2 N–H and O–H groups in total. The Hall–Kier alpha value is -2.34. The Morgan fingerprint density at radius 1 is 1.26 bits per heavy atom. The fraction of sp³-hybridized carbons (Fsp3) is 0.0769. The summed E-state index contributed by atoms with van der Waals surface area (Å²) in [5.74, 6) is -0.690. The van der Waals surface area contributed by atoms with E-state index in [1.54, 1.807) is 37.3 Å². The van der Waals surface area contributed by atoms with Crippen molar-refractivity contribution in [1.82, 2.24) is 0 Å². The van der Waals surface area contributed by atoms with Crippen LogP contribution in [0.25, 0.3) is 0 Å². The molecular weight excluding hydrogens is 266 g/mol. The van der Waals surface area contributed by atoms with E-state index in [2.05, 4.69) is 5.32 Å². The van der Waals surface area contributed by atoms with Gasteiger partial charge < -0.3 is 9.84 Å². The topological polar surface area (TPSA) is 75.6 Å². The zero-order valence-electron chi connectivity index (χ0n) is 10.0. The summed E-state index contributed by atoms with van der Waals surface area (Å²) in [5, 5.41) is 11.7. The van der Waals surface area contributed by atoms with Crippen LogP contribution in [0, 0.1) is 6.92 Å². The lowest BCUT2D eigenvalue weighted by Crippen LogP contribution is -2.17. The minimum absolute atomic E-state index is 0.0625. The average Bonchev–Trinajstić information content (AvgIpc) is 2.71. The zero-order valence-corrected chi connectivity index (χ0v) is 10.9. The van der Waals surface area contributed by atoms with E-state index in [1.807, 2.05) is 0 Å². The van der Waals surface area contributed by atoms with Gasteiger partial charge in [0.2, 0.25) is 0 Å². The van der Waals surface area contributed by atoms with Crippen LogP contribution in [0.4, 0.5) is 9.80 Å². The maximum absolute atomic E-state index is 11.6. The van der Waals surface area contributed by atoms with Crippen LogP contribution in [0.3, 0.4) is 0 Å². The van der Waals surface area contributed by atoms with Crippen LogP contribution in [0.2, 0.25) is 0 Å². The van der Waals surface area contributed by atoms with Crippen LogP contribution in [0.5, 0.6) is 5.75 Å². The van der Waals surface area contributed by atoms with E-state index in [-0.39, 0.29) is 10.6 Å². The van der Waals surface area contributed by atoms with Crippen molar-refractivity contribution in [2.45, 2.75) is 6.92 Å². The molecule has 0 atom stereocenters. The molecule has 0 saturated heterocycles. The Balaban J connectivity index is 2.09. The van der Waals surface area contributed by atoms with Crippen molar-refractivity contribution in [1.29, 1.82) is 0 Å². The third-order valence-electron chi connectivity index (χ3n) is 2.26. The fourth-order valence-electron chi connectivity index (χ4n) is 1.48. The van der Waals surface area contributed by atoms with E-state index in [9.17, 15) is 9.59 Å². The van der Waals surface area contributed by atoms with E-state index >= 15 is 0 Å². The van der Waals surface area contributed by atoms with Crippen LogP contribution in [-0.2, 0) is 0 Å². The first kappa shape index (κ1) is 13.1. The number of para-hydroxylation sites is 1. The van der Waals surface area contributed by atoms with E-state index in [0.717, 1.165) is 4.88 Å². The second-order valence-corrected chi connectivity index (χ2v) is 4.99. The number of hydrogen-bond acceptors (Lipinski definition) is 4. The smallest absolute Gasteiger partial charge is 0.417 e. The number of nitrogens with one attached hydrogen (secondary N) is 1. The molecule has 5 nitrogen and oxygen atoms in total. The van der Waals surface area contributed by atoms with E-state index in [1.165, 1.54) is 17.4 Å². The number of carbonyl (C=O) groups excluding carboxylic acids is 1. The van der Waals surface area contributed by atoms with Gasteiger partial charge in [0.05, 0.1) is 5.56 Å². The number of amides is 1. The molecule has 0 saturated carbocycles. The van der Waals surface area contributed by atoms with Crippen molar-refractivity contribution in [3.8, 4) is 5.75 Å². The lowest BCUT2D eigenvalue weighted by atomic mass is 10.3. The Morgan fingerprint density at radius 2 is 1.95 bits per heavy atom. The van der Waals surface area contributed by atoms with E-state index in [0.29, 0.717) is 5.75 Å². The second kappa shape index (κ2) is 5.53. The second-order valence-electron chi connectivity index (χ2n) is 3.73. The number of carbonyl (C=O) groups is 2. The van der Waals surface area contributed by atoms with Crippen LogP contribution < -0.4 is 10.1 Å². The molecule has 6 heteroatoms. The Bertz CT molecular complexity index is 606. The van der Waals surface area contributed by atoms with Gasteiger partial charge in [-0.2, -0.15) is 0 Å². The van der Waals surface area contributed by atoms with Gasteiger partial charge in [-0.25, -0.2) is 9.59 Å². The summed E-state index contributed by atoms with van der Waals surface area (Å²) in [4.78, 5) is 23.4. The molecule has 0 aliphatic rings. The normalized spacial score (nSPS) is 9.95. The van der Waals surface area contributed by atoms with Gasteiger partial charge in [-0.05, 0) is 25.1 Å². The lowest BCUT2D eigenvalue weighted by molar-refractivity contribution is 0.0698. The molecule has 2 aromatic rings. The van der Waals surface area contributed by atoms with Crippen LogP contribution in [0.1, 0.15) is 15.2 Å². The molecule has 1 aromatic heterocycles. The molecule has 0 fully saturated rings. The monoisotopic (exact) mass is 277 g/mol. The molecule has 0 radical (unpaired) electrons.